The molecule has 0 saturated carbocycles. The van der Waals surface area contributed by atoms with Crippen molar-refractivity contribution in [1.29, 1.82) is 0 Å². The van der Waals surface area contributed by atoms with Crippen LogP contribution in [0, 0.1) is 0 Å². The zero-order valence-electron chi connectivity index (χ0n) is 15.1. The van der Waals surface area contributed by atoms with E-state index in [9.17, 15) is 0 Å². The van der Waals surface area contributed by atoms with Gasteiger partial charge in [-0.25, -0.2) is 9.97 Å². The summed E-state index contributed by atoms with van der Waals surface area (Å²) in [5, 5.41) is 0. The van der Waals surface area contributed by atoms with Crippen LogP contribution in [0.25, 0.3) is 0 Å². The van der Waals surface area contributed by atoms with E-state index in [4.69, 9.17) is 4.74 Å². The molecule has 1 heterocycles. The third kappa shape index (κ3) is 6.69. The first-order chi connectivity index (χ1) is 11.8. The maximum Gasteiger partial charge on any atom is 0.128 e. The van der Waals surface area contributed by atoms with Crippen LogP contribution < -0.4 is 4.74 Å². The van der Waals surface area contributed by atoms with E-state index in [1.54, 1.807) is 0 Å². The van der Waals surface area contributed by atoms with Gasteiger partial charge in [0.1, 0.15) is 11.6 Å². The van der Waals surface area contributed by atoms with Crippen molar-refractivity contribution in [2.24, 2.45) is 0 Å². The van der Waals surface area contributed by atoms with Crippen molar-refractivity contribution in [2.45, 2.75) is 65.2 Å². The molecule has 2 rings (SSSR count). The Morgan fingerprint density at radius 1 is 0.750 bits per heavy atom. The van der Waals surface area contributed by atoms with Crippen LogP contribution in [0.15, 0.2) is 36.7 Å². The summed E-state index contributed by atoms with van der Waals surface area (Å²) in [6.07, 6.45) is 12.9. The number of hydrogen-bond acceptors (Lipinski definition) is 3. The number of unbranched alkanes of at least 4 members (excludes halogenated alkanes) is 3. The first-order valence-corrected chi connectivity index (χ1v) is 9.33. The minimum Gasteiger partial charge on any atom is -0.494 e. The van der Waals surface area contributed by atoms with E-state index in [0.29, 0.717) is 0 Å². The van der Waals surface area contributed by atoms with Gasteiger partial charge < -0.3 is 4.74 Å². The van der Waals surface area contributed by atoms with Gasteiger partial charge in [0.25, 0.3) is 0 Å². The summed E-state index contributed by atoms with van der Waals surface area (Å²) in [5.74, 6) is 1.89. The molecule has 0 aliphatic heterocycles. The lowest BCUT2D eigenvalue weighted by Crippen LogP contribution is -2.00. The summed E-state index contributed by atoms with van der Waals surface area (Å²) in [6, 6.07) is 8.39. The fourth-order valence-corrected chi connectivity index (χ4v) is 2.56. The molecule has 24 heavy (non-hydrogen) atoms. The number of nitrogens with zero attached hydrogens (tertiary/aromatic N) is 2. The second-order valence-electron chi connectivity index (χ2n) is 6.31. The molecule has 3 heteroatoms. The van der Waals surface area contributed by atoms with Gasteiger partial charge in [-0.05, 0) is 48.9 Å². The third-order valence-electron chi connectivity index (χ3n) is 4.16. The maximum absolute atomic E-state index is 5.69. The molecule has 0 aliphatic carbocycles. The second kappa shape index (κ2) is 10.8. The average molecular weight is 326 g/mol. The first-order valence-electron chi connectivity index (χ1n) is 9.33. The SMILES string of the molecule is CCCCCc1cnc(CCc2ccc(OCCCC)cc2)nc1. The molecule has 3 nitrogen and oxygen atoms in total. The summed E-state index contributed by atoms with van der Waals surface area (Å²) in [4.78, 5) is 9.01. The Morgan fingerprint density at radius 2 is 1.46 bits per heavy atom. The van der Waals surface area contributed by atoms with Gasteiger partial charge in [-0.15, -0.1) is 0 Å². The Labute approximate surface area is 146 Å². The quantitative estimate of drug-likeness (QED) is 0.534. The van der Waals surface area contributed by atoms with Gasteiger partial charge in [0.2, 0.25) is 0 Å². The molecule has 0 spiro atoms. The highest BCUT2D eigenvalue weighted by Gasteiger charge is 2.01. The molecule has 0 atom stereocenters. The van der Waals surface area contributed by atoms with Crippen LogP contribution in [0.5, 0.6) is 5.75 Å². The molecular formula is C21H30N2O. The minimum absolute atomic E-state index is 0.800. The molecule has 0 aliphatic rings. The predicted octanol–water partition coefficient (Wildman–Crippen LogP) is 5.17. The topological polar surface area (TPSA) is 35.0 Å². The third-order valence-corrected chi connectivity index (χ3v) is 4.16. The number of aryl methyl sites for hydroxylation is 3. The predicted molar refractivity (Wildman–Crippen MR) is 99.5 cm³/mol. The van der Waals surface area contributed by atoms with E-state index in [1.807, 2.05) is 12.4 Å². The monoisotopic (exact) mass is 326 g/mol. The zero-order chi connectivity index (χ0) is 17.0. The number of rotatable bonds is 11. The Bertz CT molecular complexity index is 510. The molecule has 1 aromatic heterocycles. The van der Waals surface area contributed by atoms with Gasteiger partial charge in [0.05, 0.1) is 6.61 Å². The van der Waals surface area contributed by atoms with Crippen LogP contribution in [0.2, 0.25) is 0 Å². The van der Waals surface area contributed by atoms with E-state index in [0.717, 1.165) is 50.3 Å². The van der Waals surface area contributed by atoms with E-state index in [-0.39, 0.29) is 0 Å². The molecule has 0 N–H and O–H groups in total. The standard InChI is InChI=1S/C21H30N2O/c1-3-5-7-8-19-16-22-21(23-17-19)14-11-18-9-12-20(13-10-18)24-15-6-4-2/h9-10,12-13,16-17H,3-8,11,14-15H2,1-2H3. The van der Waals surface area contributed by atoms with Gasteiger partial charge in [-0.3, -0.25) is 0 Å². The number of hydrogen-bond donors (Lipinski definition) is 0. The van der Waals surface area contributed by atoms with Gasteiger partial charge in [-0.2, -0.15) is 0 Å². The Kier molecular flexibility index (Phi) is 8.29. The Hall–Kier alpha value is -1.90. The van der Waals surface area contributed by atoms with Gasteiger partial charge in [-0.1, -0.05) is 45.2 Å². The van der Waals surface area contributed by atoms with Crippen molar-refractivity contribution in [3.05, 3.63) is 53.6 Å². The molecule has 0 radical (unpaired) electrons. The highest BCUT2D eigenvalue weighted by Crippen LogP contribution is 2.14. The first kappa shape index (κ1) is 18.4. The van der Waals surface area contributed by atoms with E-state index in [1.165, 1.54) is 30.4 Å². The van der Waals surface area contributed by atoms with Crippen molar-refractivity contribution in [3.63, 3.8) is 0 Å². The molecule has 130 valence electrons. The lowest BCUT2D eigenvalue weighted by molar-refractivity contribution is 0.309. The van der Waals surface area contributed by atoms with Crippen LogP contribution in [0.3, 0.4) is 0 Å². The summed E-state index contributed by atoms with van der Waals surface area (Å²) in [6.45, 7) is 5.20. The minimum atomic E-state index is 0.800. The van der Waals surface area contributed by atoms with Crippen molar-refractivity contribution < 1.29 is 4.74 Å². The molecule has 0 unspecified atom stereocenters. The molecule has 0 fully saturated rings. The van der Waals surface area contributed by atoms with Gasteiger partial charge >= 0.3 is 0 Å². The summed E-state index contributed by atoms with van der Waals surface area (Å²) < 4.78 is 5.69. The summed E-state index contributed by atoms with van der Waals surface area (Å²) >= 11 is 0. The van der Waals surface area contributed by atoms with Gasteiger partial charge in [0.15, 0.2) is 0 Å². The lowest BCUT2D eigenvalue weighted by atomic mass is 10.1. The number of ether oxygens (including phenoxy) is 1. The van der Waals surface area contributed by atoms with E-state index < -0.39 is 0 Å². The van der Waals surface area contributed by atoms with Crippen molar-refractivity contribution in [3.8, 4) is 5.75 Å². The Balaban J connectivity index is 1.76. The average Bonchev–Trinajstić information content (AvgIpc) is 2.63. The zero-order valence-corrected chi connectivity index (χ0v) is 15.1. The number of aromatic nitrogens is 2. The summed E-state index contributed by atoms with van der Waals surface area (Å²) in [5.41, 5.74) is 2.55. The van der Waals surface area contributed by atoms with Crippen LogP contribution in [0.4, 0.5) is 0 Å². The van der Waals surface area contributed by atoms with Crippen LogP contribution in [0.1, 0.15) is 62.9 Å². The van der Waals surface area contributed by atoms with Crippen LogP contribution >= 0.6 is 0 Å². The van der Waals surface area contributed by atoms with Crippen molar-refractivity contribution in [1.82, 2.24) is 9.97 Å². The highest BCUT2D eigenvalue weighted by molar-refractivity contribution is 5.27. The molecule has 2 aromatic rings. The lowest BCUT2D eigenvalue weighted by Gasteiger charge is -2.07. The fraction of sp³-hybridized carbons (Fsp3) is 0.524. The van der Waals surface area contributed by atoms with Gasteiger partial charge in [0, 0.05) is 18.8 Å². The molecule has 1 aromatic carbocycles. The highest BCUT2D eigenvalue weighted by atomic mass is 16.5. The fourth-order valence-electron chi connectivity index (χ4n) is 2.56. The molecule has 0 amide bonds. The van der Waals surface area contributed by atoms with Crippen LogP contribution in [-0.2, 0) is 19.3 Å². The normalized spacial score (nSPS) is 10.8. The molecule has 0 saturated heterocycles. The van der Waals surface area contributed by atoms with E-state index in [2.05, 4.69) is 48.1 Å². The van der Waals surface area contributed by atoms with E-state index >= 15 is 0 Å². The largest absolute Gasteiger partial charge is 0.494 e. The molecule has 0 bridgehead atoms. The Morgan fingerprint density at radius 3 is 2.12 bits per heavy atom. The summed E-state index contributed by atoms with van der Waals surface area (Å²) in [7, 11) is 0. The molecular weight excluding hydrogens is 296 g/mol. The number of benzene rings is 1. The second-order valence-corrected chi connectivity index (χ2v) is 6.31. The maximum atomic E-state index is 5.69. The van der Waals surface area contributed by atoms with Crippen molar-refractivity contribution >= 4 is 0 Å². The van der Waals surface area contributed by atoms with Crippen LogP contribution in [-0.4, -0.2) is 16.6 Å². The smallest absolute Gasteiger partial charge is 0.128 e. The van der Waals surface area contributed by atoms with Crippen molar-refractivity contribution in [2.75, 3.05) is 6.61 Å².